The molecule has 0 aliphatic carbocycles. The van der Waals surface area contributed by atoms with Gasteiger partial charge in [-0.1, -0.05) is 18.2 Å². The molecule has 1 N–H and O–H groups in total. The van der Waals surface area contributed by atoms with E-state index in [9.17, 15) is 4.79 Å². The van der Waals surface area contributed by atoms with E-state index in [2.05, 4.69) is 6.07 Å². The summed E-state index contributed by atoms with van der Waals surface area (Å²) in [5.41, 5.74) is 2.42. The maximum atomic E-state index is 10.4. The molecule has 0 atom stereocenters. The smallest absolute Gasteiger partial charge is 0.329 e. The van der Waals surface area contributed by atoms with Crippen molar-refractivity contribution in [2.75, 3.05) is 11.4 Å². The third-order valence-electron chi connectivity index (χ3n) is 2.54. The van der Waals surface area contributed by atoms with Crippen LogP contribution in [0.25, 0.3) is 0 Å². The molecule has 1 aliphatic heterocycles. The molecule has 3 nitrogen and oxygen atoms in total. The third-order valence-corrected chi connectivity index (χ3v) is 2.54. The average Bonchev–Trinajstić information content (AvgIpc) is 2.26. The average molecular weight is 203 g/mol. The van der Waals surface area contributed by atoms with Crippen molar-refractivity contribution in [2.24, 2.45) is 0 Å². The molecule has 1 heterocycles. The fourth-order valence-corrected chi connectivity index (χ4v) is 1.87. The molecule has 1 aromatic carbocycles. The van der Waals surface area contributed by atoms with E-state index < -0.39 is 5.97 Å². The highest BCUT2D eigenvalue weighted by Gasteiger charge is 2.13. The highest BCUT2D eigenvalue weighted by molar-refractivity contribution is 5.80. The third kappa shape index (κ3) is 2.18. The number of benzene rings is 1. The lowest BCUT2D eigenvalue weighted by molar-refractivity contribution is -0.131. The minimum Gasteiger partial charge on any atom is -0.478 e. The molecule has 0 radical (unpaired) electrons. The van der Waals surface area contributed by atoms with Crippen molar-refractivity contribution < 1.29 is 9.90 Å². The molecule has 0 fully saturated rings. The maximum Gasteiger partial charge on any atom is 0.329 e. The van der Waals surface area contributed by atoms with Crippen molar-refractivity contribution in [1.82, 2.24) is 0 Å². The zero-order valence-electron chi connectivity index (χ0n) is 8.39. The molecule has 1 aromatic rings. The monoisotopic (exact) mass is 203 g/mol. The van der Waals surface area contributed by atoms with Gasteiger partial charge >= 0.3 is 5.97 Å². The quantitative estimate of drug-likeness (QED) is 0.748. The standard InChI is InChI=1S/C12H13NO2/c14-12(15)7-9-13-8-3-5-10-4-1-2-6-11(10)13/h1-2,4,6-7,9H,3,5,8H2,(H,14,15)/b9-7+. The lowest BCUT2D eigenvalue weighted by atomic mass is 10.0. The Morgan fingerprint density at radius 3 is 3.00 bits per heavy atom. The number of hydrogen-bond acceptors (Lipinski definition) is 2. The number of aryl methyl sites for hydroxylation is 1. The Morgan fingerprint density at radius 1 is 1.40 bits per heavy atom. The van der Waals surface area contributed by atoms with Crippen molar-refractivity contribution >= 4 is 11.7 Å². The van der Waals surface area contributed by atoms with Gasteiger partial charge in [-0.25, -0.2) is 4.79 Å². The summed E-state index contributed by atoms with van der Waals surface area (Å²) < 4.78 is 0. The molecule has 0 saturated heterocycles. The van der Waals surface area contributed by atoms with Gasteiger partial charge in [0.15, 0.2) is 0 Å². The van der Waals surface area contributed by atoms with Gasteiger partial charge in [-0.2, -0.15) is 0 Å². The number of carboxylic acid groups (broad SMARTS) is 1. The topological polar surface area (TPSA) is 40.5 Å². The van der Waals surface area contributed by atoms with E-state index in [0.29, 0.717) is 0 Å². The molecule has 0 aromatic heterocycles. The summed E-state index contributed by atoms with van der Waals surface area (Å²) in [6, 6.07) is 8.12. The number of para-hydroxylation sites is 1. The second kappa shape index (κ2) is 4.17. The summed E-state index contributed by atoms with van der Waals surface area (Å²) in [5.74, 6) is -0.905. The molecular weight excluding hydrogens is 190 g/mol. The SMILES string of the molecule is O=C(O)/C=C/N1CCCc2ccccc21. The largest absolute Gasteiger partial charge is 0.478 e. The van der Waals surface area contributed by atoms with Crippen LogP contribution in [0.15, 0.2) is 36.5 Å². The first-order valence-corrected chi connectivity index (χ1v) is 5.03. The summed E-state index contributed by atoms with van der Waals surface area (Å²) in [7, 11) is 0. The molecule has 78 valence electrons. The number of nitrogens with zero attached hydrogens (tertiary/aromatic N) is 1. The van der Waals surface area contributed by atoms with Gasteiger partial charge in [0.05, 0.1) is 0 Å². The normalized spacial score (nSPS) is 15.3. The Morgan fingerprint density at radius 2 is 2.20 bits per heavy atom. The molecule has 0 amide bonds. The molecule has 0 unspecified atom stereocenters. The summed E-state index contributed by atoms with van der Waals surface area (Å²) in [5, 5.41) is 8.58. The zero-order chi connectivity index (χ0) is 10.7. The zero-order valence-corrected chi connectivity index (χ0v) is 8.39. The van der Waals surface area contributed by atoms with E-state index in [-0.39, 0.29) is 0 Å². The van der Waals surface area contributed by atoms with Crippen LogP contribution >= 0.6 is 0 Å². The van der Waals surface area contributed by atoms with Gasteiger partial charge in [-0.05, 0) is 24.5 Å². The van der Waals surface area contributed by atoms with Crippen LogP contribution in [0.5, 0.6) is 0 Å². The molecule has 2 rings (SSSR count). The Bertz CT molecular complexity index is 398. The molecule has 3 heteroatoms. The number of carbonyl (C=O) groups is 1. The molecule has 0 bridgehead atoms. The van der Waals surface area contributed by atoms with Crippen LogP contribution < -0.4 is 4.90 Å². The highest BCUT2D eigenvalue weighted by Crippen LogP contribution is 2.26. The fourth-order valence-electron chi connectivity index (χ4n) is 1.87. The molecule has 0 saturated carbocycles. The Balaban J connectivity index is 2.26. The van der Waals surface area contributed by atoms with E-state index in [0.717, 1.165) is 25.1 Å². The van der Waals surface area contributed by atoms with E-state index in [4.69, 9.17) is 5.11 Å². The van der Waals surface area contributed by atoms with E-state index in [1.807, 2.05) is 23.1 Å². The van der Waals surface area contributed by atoms with Gasteiger partial charge in [0.1, 0.15) is 0 Å². The van der Waals surface area contributed by atoms with Crippen molar-refractivity contribution in [2.45, 2.75) is 12.8 Å². The predicted octanol–water partition coefficient (Wildman–Crippen LogP) is 2.04. The van der Waals surface area contributed by atoms with Gasteiger partial charge in [0.25, 0.3) is 0 Å². The number of aliphatic carboxylic acids is 1. The predicted molar refractivity (Wildman–Crippen MR) is 58.9 cm³/mol. The van der Waals surface area contributed by atoms with Crippen molar-refractivity contribution in [3.8, 4) is 0 Å². The van der Waals surface area contributed by atoms with Crippen LogP contribution in [-0.4, -0.2) is 17.6 Å². The van der Waals surface area contributed by atoms with Crippen LogP contribution in [0.2, 0.25) is 0 Å². The number of hydrogen-bond donors (Lipinski definition) is 1. The van der Waals surface area contributed by atoms with Crippen LogP contribution in [-0.2, 0) is 11.2 Å². The van der Waals surface area contributed by atoms with Gasteiger partial charge in [0, 0.05) is 24.5 Å². The highest BCUT2D eigenvalue weighted by atomic mass is 16.4. The van der Waals surface area contributed by atoms with Gasteiger partial charge in [-0.3, -0.25) is 0 Å². The number of fused-ring (bicyclic) bond motifs is 1. The van der Waals surface area contributed by atoms with Crippen LogP contribution in [0, 0.1) is 0 Å². The Kier molecular flexibility index (Phi) is 2.72. The molecule has 1 aliphatic rings. The van der Waals surface area contributed by atoms with Gasteiger partial charge in [-0.15, -0.1) is 0 Å². The fraction of sp³-hybridized carbons (Fsp3) is 0.250. The van der Waals surface area contributed by atoms with E-state index in [1.54, 1.807) is 6.20 Å². The van der Waals surface area contributed by atoms with E-state index >= 15 is 0 Å². The van der Waals surface area contributed by atoms with Gasteiger partial charge in [0.2, 0.25) is 0 Å². The molecule has 0 spiro atoms. The van der Waals surface area contributed by atoms with Crippen molar-refractivity contribution in [3.63, 3.8) is 0 Å². The number of carboxylic acids is 1. The lowest BCUT2D eigenvalue weighted by Gasteiger charge is -2.27. The second-order valence-electron chi connectivity index (χ2n) is 3.58. The van der Waals surface area contributed by atoms with Gasteiger partial charge < -0.3 is 10.0 Å². The maximum absolute atomic E-state index is 10.4. The molecular formula is C12H13NO2. The Hall–Kier alpha value is -1.77. The number of anilines is 1. The molecule has 15 heavy (non-hydrogen) atoms. The van der Waals surface area contributed by atoms with E-state index in [1.165, 1.54) is 11.6 Å². The van der Waals surface area contributed by atoms with Crippen molar-refractivity contribution in [1.29, 1.82) is 0 Å². The Labute approximate surface area is 88.6 Å². The van der Waals surface area contributed by atoms with Crippen LogP contribution in [0.3, 0.4) is 0 Å². The summed E-state index contributed by atoms with van der Waals surface area (Å²) in [6.45, 7) is 0.890. The minimum atomic E-state index is -0.905. The second-order valence-corrected chi connectivity index (χ2v) is 3.58. The summed E-state index contributed by atoms with van der Waals surface area (Å²) in [6.07, 6.45) is 4.97. The summed E-state index contributed by atoms with van der Waals surface area (Å²) in [4.78, 5) is 12.4. The summed E-state index contributed by atoms with van der Waals surface area (Å²) >= 11 is 0. The minimum absolute atomic E-state index is 0.890. The van der Waals surface area contributed by atoms with Crippen LogP contribution in [0.4, 0.5) is 5.69 Å². The first kappa shape index (κ1) is 9.77. The van der Waals surface area contributed by atoms with Crippen LogP contribution in [0.1, 0.15) is 12.0 Å². The first-order chi connectivity index (χ1) is 7.27. The number of rotatable bonds is 2. The lowest BCUT2D eigenvalue weighted by Crippen LogP contribution is -2.23. The first-order valence-electron chi connectivity index (χ1n) is 5.03. The van der Waals surface area contributed by atoms with Crippen molar-refractivity contribution in [3.05, 3.63) is 42.1 Å².